The van der Waals surface area contributed by atoms with E-state index in [2.05, 4.69) is 30.8 Å². The lowest BCUT2D eigenvalue weighted by Crippen LogP contribution is -2.27. The monoisotopic (exact) mass is 352 g/mol. The van der Waals surface area contributed by atoms with Crippen LogP contribution in [0, 0.1) is 0 Å². The normalized spacial score (nSPS) is 13.0. The molecule has 0 fully saturated rings. The molecule has 3 heteroatoms. The van der Waals surface area contributed by atoms with E-state index in [1.54, 1.807) is 0 Å². The molecule has 2 aromatic carbocycles. The van der Waals surface area contributed by atoms with Crippen LogP contribution in [0.4, 0.5) is 0 Å². The number of ether oxygens (including phenoxy) is 2. The Bertz CT molecular complexity index is 652. The number of carbonyl (C=O) groups is 1. The molecule has 138 valence electrons. The van der Waals surface area contributed by atoms with Crippen molar-refractivity contribution in [2.45, 2.75) is 51.4 Å². The SMILES string of the molecule is C=CC[C@@H](CCc1ccccc1)OC(CCc1ccccc1)OC(C)=O. The highest BCUT2D eigenvalue weighted by atomic mass is 16.7. The minimum atomic E-state index is -0.534. The maximum absolute atomic E-state index is 11.5. The first-order valence-electron chi connectivity index (χ1n) is 9.19. The van der Waals surface area contributed by atoms with Gasteiger partial charge in [0.05, 0.1) is 6.10 Å². The van der Waals surface area contributed by atoms with Crippen molar-refractivity contribution in [2.24, 2.45) is 0 Å². The van der Waals surface area contributed by atoms with Crippen molar-refractivity contribution in [2.75, 3.05) is 0 Å². The number of hydrogen-bond donors (Lipinski definition) is 0. The van der Waals surface area contributed by atoms with E-state index in [9.17, 15) is 4.79 Å². The van der Waals surface area contributed by atoms with Crippen LogP contribution in [0.2, 0.25) is 0 Å². The highest BCUT2D eigenvalue weighted by Crippen LogP contribution is 2.17. The summed E-state index contributed by atoms with van der Waals surface area (Å²) in [4.78, 5) is 11.5. The maximum Gasteiger partial charge on any atom is 0.304 e. The zero-order valence-corrected chi connectivity index (χ0v) is 15.5. The molecule has 0 saturated carbocycles. The fourth-order valence-corrected chi connectivity index (χ4v) is 2.88. The Balaban J connectivity index is 1.92. The molecule has 0 bridgehead atoms. The molecular formula is C23H28O3. The zero-order valence-electron chi connectivity index (χ0n) is 15.5. The van der Waals surface area contributed by atoms with E-state index < -0.39 is 6.29 Å². The molecule has 0 spiro atoms. The Labute approximate surface area is 156 Å². The molecule has 2 aromatic rings. The summed E-state index contributed by atoms with van der Waals surface area (Å²) in [5.41, 5.74) is 2.48. The summed E-state index contributed by atoms with van der Waals surface area (Å²) in [7, 11) is 0. The summed E-state index contributed by atoms with van der Waals surface area (Å²) in [6.07, 6.45) is 5.26. The van der Waals surface area contributed by atoms with Crippen LogP contribution in [0.5, 0.6) is 0 Å². The van der Waals surface area contributed by atoms with Gasteiger partial charge in [-0.3, -0.25) is 4.79 Å². The lowest BCUT2D eigenvalue weighted by atomic mass is 10.0. The molecule has 0 aliphatic heterocycles. The maximum atomic E-state index is 11.5. The minimum Gasteiger partial charge on any atom is -0.436 e. The standard InChI is InChI=1S/C23H28O3/c1-3-10-22(17-15-20-11-6-4-7-12-20)26-23(25-19(2)24)18-16-21-13-8-5-9-14-21/h3-9,11-14,22-23H,1,10,15-18H2,2H3/t22-,23?/m0/s1. The van der Waals surface area contributed by atoms with Crippen LogP contribution in [0.25, 0.3) is 0 Å². The van der Waals surface area contributed by atoms with E-state index in [4.69, 9.17) is 9.47 Å². The Morgan fingerprint density at radius 1 is 0.962 bits per heavy atom. The predicted molar refractivity (Wildman–Crippen MR) is 105 cm³/mol. The van der Waals surface area contributed by atoms with Crippen LogP contribution < -0.4 is 0 Å². The van der Waals surface area contributed by atoms with Crippen molar-refractivity contribution in [3.05, 3.63) is 84.4 Å². The molecule has 0 radical (unpaired) electrons. The van der Waals surface area contributed by atoms with E-state index >= 15 is 0 Å². The molecule has 0 aromatic heterocycles. The first kappa shape index (κ1) is 19.9. The number of carbonyl (C=O) groups excluding carboxylic acids is 1. The number of rotatable bonds is 11. The van der Waals surface area contributed by atoms with Gasteiger partial charge in [0.15, 0.2) is 0 Å². The fraction of sp³-hybridized carbons (Fsp3) is 0.348. The Morgan fingerprint density at radius 2 is 1.50 bits per heavy atom. The first-order valence-corrected chi connectivity index (χ1v) is 9.19. The smallest absolute Gasteiger partial charge is 0.304 e. The summed E-state index contributed by atoms with van der Waals surface area (Å²) < 4.78 is 11.5. The Kier molecular flexibility index (Phi) is 8.64. The van der Waals surface area contributed by atoms with Crippen molar-refractivity contribution >= 4 is 5.97 Å². The number of aryl methyl sites for hydroxylation is 2. The zero-order chi connectivity index (χ0) is 18.6. The Hall–Kier alpha value is -2.39. The number of benzene rings is 2. The lowest BCUT2D eigenvalue weighted by molar-refractivity contribution is -0.189. The van der Waals surface area contributed by atoms with E-state index in [0.717, 1.165) is 25.7 Å². The molecule has 0 aliphatic carbocycles. The van der Waals surface area contributed by atoms with Gasteiger partial charge in [-0.2, -0.15) is 0 Å². The van der Waals surface area contributed by atoms with Crippen LogP contribution in [-0.2, 0) is 27.1 Å². The summed E-state index contributed by atoms with van der Waals surface area (Å²) in [5.74, 6) is -0.316. The summed E-state index contributed by atoms with van der Waals surface area (Å²) in [5, 5.41) is 0. The molecule has 2 rings (SSSR count). The summed E-state index contributed by atoms with van der Waals surface area (Å²) in [6.45, 7) is 5.25. The molecule has 0 amide bonds. The second kappa shape index (κ2) is 11.3. The van der Waals surface area contributed by atoms with Gasteiger partial charge in [0.25, 0.3) is 0 Å². The van der Waals surface area contributed by atoms with Crippen LogP contribution in [-0.4, -0.2) is 18.4 Å². The number of esters is 1. The molecule has 1 unspecified atom stereocenters. The van der Waals surface area contributed by atoms with Crippen LogP contribution in [0.15, 0.2) is 73.3 Å². The molecule has 0 aliphatic rings. The van der Waals surface area contributed by atoms with Crippen molar-refractivity contribution in [1.29, 1.82) is 0 Å². The van der Waals surface area contributed by atoms with Gasteiger partial charge >= 0.3 is 5.97 Å². The molecule has 0 heterocycles. The summed E-state index contributed by atoms with van der Waals surface area (Å²) >= 11 is 0. The van der Waals surface area contributed by atoms with Gasteiger partial charge < -0.3 is 9.47 Å². The topological polar surface area (TPSA) is 35.5 Å². The average Bonchev–Trinajstić information content (AvgIpc) is 2.65. The third kappa shape index (κ3) is 7.66. The molecule has 2 atom stereocenters. The fourth-order valence-electron chi connectivity index (χ4n) is 2.88. The van der Waals surface area contributed by atoms with Gasteiger partial charge in [-0.25, -0.2) is 0 Å². The lowest BCUT2D eigenvalue weighted by Gasteiger charge is -2.24. The van der Waals surface area contributed by atoms with Gasteiger partial charge in [-0.05, 0) is 36.8 Å². The third-order valence-corrected chi connectivity index (χ3v) is 4.18. The van der Waals surface area contributed by atoms with E-state index in [-0.39, 0.29) is 12.1 Å². The minimum absolute atomic E-state index is 0.0205. The van der Waals surface area contributed by atoms with E-state index in [1.807, 2.05) is 42.5 Å². The van der Waals surface area contributed by atoms with E-state index in [1.165, 1.54) is 18.1 Å². The Morgan fingerprint density at radius 3 is 2.00 bits per heavy atom. The molecule has 26 heavy (non-hydrogen) atoms. The van der Waals surface area contributed by atoms with Crippen molar-refractivity contribution in [1.82, 2.24) is 0 Å². The second-order valence-electron chi connectivity index (χ2n) is 6.37. The molecule has 3 nitrogen and oxygen atoms in total. The number of hydrogen-bond acceptors (Lipinski definition) is 3. The third-order valence-electron chi connectivity index (χ3n) is 4.18. The van der Waals surface area contributed by atoms with Crippen molar-refractivity contribution in [3.8, 4) is 0 Å². The van der Waals surface area contributed by atoms with Crippen molar-refractivity contribution < 1.29 is 14.3 Å². The largest absolute Gasteiger partial charge is 0.436 e. The van der Waals surface area contributed by atoms with Gasteiger partial charge in [-0.1, -0.05) is 66.7 Å². The van der Waals surface area contributed by atoms with E-state index in [0.29, 0.717) is 6.42 Å². The van der Waals surface area contributed by atoms with Crippen LogP contribution >= 0.6 is 0 Å². The van der Waals surface area contributed by atoms with Gasteiger partial charge in [-0.15, -0.1) is 6.58 Å². The second-order valence-corrected chi connectivity index (χ2v) is 6.37. The first-order chi connectivity index (χ1) is 12.7. The highest BCUT2D eigenvalue weighted by Gasteiger charge is 2.18. The highest BCUT2D eigenvalue weighted by molar-refractivity contribution is 5.66. The molecule has 0 N–H and O–H groups in total. The molecule has 0 saturated heterocycles. The quantitative estimate of drug-likeness (QED) is 0.320. The van der Waals surface area contributed by atoms with Gasteiger partial charge in [0, 0.05) is 13.3 Å². The van der Waals surface area contributed by atoms with Crippen LogP contribution in [0.3, 0.4) is 0 Å². The molecular weight excluding hydrogens is 324 g/mol. The van der Waals surface area contributed by atoms with Crippen molar-refractivity contribution in [3.63, 3.8) is 0 Å². The van der Waals surface area contributed by atoms with Crippen LogP contribution in [0.1, 0.15) is 37.3 Å². The average molecular weight is 352 g/mol. The van der Waals surface area contributed by atoms with Gasteiger partial charge in [0.1, 0.15) is 0 Å². The predicted octanol–water partition coefficient (Wildman–Crippen LogP) is 5.10. The van der Waals surface area contributed by atoms with Gasteiger partial charge in [0.2, 0.25) is 6.29 Å². The summed E-state index contributed by atoms with van der Waals surface area (Å²) in [6, 6.07) is 20.5.